The smallest absolute Gasteiger partial charge is 0.0727 e. The molecule has 2 aliphatic rings. The Hall–Kier alpha value is -0.120. The van der Waals surface area contributed by atoms with Crippen molar-refractivity contribution in [1.82, 2.24) is 4.90 Å². The van der Waals surface area contributed by atoms with E-state index in [1.54, 1.807) is 0 Å². The van der Waals surface area contributed by atoms with Crippen LogP contribution < -0.4 is 0 Å². The molecule has 0 radical (unpaired) electrons. The molecule has 0 spiro atoms. The average molecular weight is 269 g/mol. The standard InChI is InChI=1S/C16H31NO2/c1-14(2,3)18-12-16-8-7-9-17(16)11-13(10-16)19-15(4,5)6/h13H,7-12H2,1-6H3/t13-,16-/m1/s1. The molecule has 0 aromatic rings. The van der Waals surface area contributed by atoms with E-state index in [9.17, 15) is 0 Å². The molecule has 0 saturated carbocycles. The Labute approximate surface area is 118 Å². The highest BCUT2D eigenvalue weighted by molar-refractivity contribution is 5.04. The lowest BCUT2D eigenvalue weighted by molar-refractivity contribution is -0.0644. The minimum absolute atomic E-state index is 0.0451. The lowest BCUT2D eigenvalue weighted by Gasteiger charge is -2.34. The van der Waals surface area contributed by atoms with Gasteiger partial charge in [0, 0.05) is 12.1 Å². The van der Waals surface area contributed by atoms with Crippen LogP contribution in [0.5, 0.6) is 0 Å². The fourth-order valence-corrected chi connectivity index (χ4v) is 3.40. The summed E-state index contributed by atoms with van der Waals surface area (Å²) in [5.74, 6) is 0. The van der Waals surface area contributed by atoms with E-state index >= 15 is 0 Å². The maximum absolute atomic E-state index is 6.19. The quantitative estimate of drug-likeness (QED) is 0.785. The second-order valence-corrected chi connectivity index (χ2v) is 8.23. The second kappa shape index (κ2) is 5.01. The first kappa shape index (κ1) is 15.3. The Morgan fingerprint density at radius 2 is 1.79 bits per heavy atom. The molecule has 2 heterocycles. The molecule has 2 rings (SSSR count). The van der Waals surface area contributed by atoms with Crippen molar-refractivity contribution in [1.29, 1.82) is 0 Å². The molecule has 112 valence electrons. The molecule has 3 nitrogen and oxygen atoms in total. The summed E-state index contributed by atoms with van der Waals surface area (Å²) >= 11 is 0. The lowest BCUT2D eigenvalue weighted by atomic mass is 9.94. The monoisotopic (exact) mass is 269 g/mol. The molecule has 3 heteroatoms. The average Bonchev–Trinajstić information content (AvgIpc) is 2.67. The molecular formula is C16H31NO2. The van der Waals surface area contributed by atoms with Crippen molar-refractivity contribution in [3.63, 3.8) is 0 Å². The van der Waals surface area contributed by atoms with Gasteiger partial charge in [0.15, 0.2) is 0 Å². The molecule has 2 fully saturated rings. The van der Waals surface area contributed by atoms with Gasteiger partial charge in [0.25, 0.3) is 0 Å². The topological polar surface area (TPSA) is 21.7 Å². The molecule has 0 aromatic heterocycles. The van der Waals surface area contributed by atoms with Gasteiger partial charge < -0.3 is 9.47 Å². The predicted molar refractivity (Wildman–Crippen MR) is 78.5 cm³/mol. The first-order valence-electron chi connectivity index (χ1n) is 7.67. The molecule has 0 bridgehead atoms. The Kier molecular flexibility index (Phi) is 4.03. The number of hydrogen-bond acceptors (Lipinski definition) is 3. The summed E-state index contributed by atoms with van der Waals surface area (Å²) in [6.45, 7) is 16.0. The fourth-order valence-electron chi connectivity index (χ4n) is 3.40. The van der Waals surface area contributed by atoms with E-state index in [2.05, 4.69) is 46.4 Å². The van der Waals surface area contributed by atoms with Crippen LogP contribution >= 0.6 is 0 Å². The Morgan fingerprint density at radius 1 is 1.11 bits per heavy atom. The summed E-state index contributed by atoms with van der Waals surface area (Å²) in [7, 11) is 0. The van der Waals surface area contributed by atoms with E-state index < -0.39 is 0 Å². The van der Waals surface area contributed by atoms with Gasteiger partial charge in [-0.2, -0.15) is 0 Å². The SMILES string of the molecule is CC(C)(C)OC[C@]12CCCN1C[C@H](OC(C)(C)C)C2. The van der Waals surface area contributed by atoms with Crippen LogP contribution in [0.2, 0.25) is 0 Å². The fraction of sp³-hybridized carbons (Fsp3) is 1.00. The summed E-state index contributed by atoms with van der Waals surface area (Å²) in [6.07, 6.45) is 4.05. The first-order valence-corrected chi connectivity index (χ1v) is 7.67. The number of hydrogen-bond donors (Lipinski definition) is 0. The van der Waals surface area contributed by atoms with Gasteiger partial charge in [0.05, 0.1) is 23.9 Å². The molecule has 0 aliphatic carbocycles. The van der Waals surface area contributed by atoms with Crippen LogP contribution in [0, 0.1) is 0 Å². The zero-order chi connectivity index (χ0) is 14.3. The molecule has 2 aliphatic heterocycles. The molecule has 2 saturated heterocycles. The van der Waals surface area contributed by atoms with Crippen molar-refractivity contribution in [2.24, 2.45) is 0 Å². The number of ether oxygens (including phenoxy) is 2. The molecule has 0 N–H and O–H groups in total. The van der Waals surface area contributed by atoms with Gasteiger partial charge in [-0.1, -0.05) is 0 Å². The van der Waals surface area contributed by atoms with Gasteiger partial charge in [0.1, 0.15) is 0 Å². The summed E-state index contributed by atoms with van der Waals surface area (Å²) in [5, 5.41) is 0. The highest BCUT2D eigenvalue weighted by atomic mass is 16.5. The molecule has 0 aromatic carbocycles. The van der Waals surface area contributed by atoms with E-state index in [0.717, 1.165) is 19.6 Å². The summed E-state index contributed by atoms with van der Waals surface area (Å²) in [6, 6.07) is 0. The van der Waals surface area contributed by atoms with Crippen molar-refractivity contribution < 1.29 is 9.47 Å². The third-order valence-electron chi connectivity index (χ3n) is 4.07. The van der Waals surface area contributed by atoms with Crippen molar-refractivity contribution in [3.8, 4) is 0 Å². The van der Waals surface area contributed by atoms with Gasteiger partial charge in [-0.15, -0.1) is 0 Å². The predicted octanol–water partition coefficient (Wildman–Crippen LogP) is 3.22. The Balaban J connectivity index is 1.98. The van der Waals surface area contributed by atoms with Gasteiger partial charge >= 0.3 is 0 Å². The van der Waals surface area contributed by atoms with Crippen LogP contribution in [0.25, 0.3) is 0 Å². The van der Waals surface area contributed by atoms with Gasteiger partial charge in [-0.05, 0) is 67.3 Å². The molecule has 2 atom stereocenters. The third-order valence-corrected chi connectivity index (χ3v) is 4.07. The van der Waals surface area contributed by atoms with Crippen LogP contribution in [0.1, 0.15) is 60.8 Å². The minimum Gasteiger partial charge on any atom is -0.374 e. The van der Waals surface area contributed by atoms with E-state index in [1.807, 2.05) is 0 Å². The normalized spacial score (nSPS) is 32.8. The minimum atomic E-state index is -0.0496. The van der Waals surface area contributed by atoms with E-state index in [4.69, 9.17) is 9.47 Å². The van der Waals surface area contributed by atoms with Crippen LogP contribution in [-0.4, -0.2) is 47.4 Å². The molecule has 0 amide bonds. The summed E-state index contributed by atoms with van der Waals surface area (Å²) < 4.78 is 12.3. The molecule has 0 unspecified atom stereocenters. The van der Waals surface area contributed by atoms with Crippen molar-refractivity contribution in [3.05, 3.63) is 0 Å². The van der Waals surface area contributed by atoms with E-state index in [-0.39, 0.29) is 16.7 Å². The van der Waals surface area contributed by atoms with Crippen molar-refractivity contribution in [2.75, 3.05) is 19.7 Å². The maximum atomic E-state index is 6.19. The van der Waals surface area contributed by atoms with Crippen LogP contribution in [0.4, 0.5) is 0 Å². The van der Waals surface area contributed by atoms with Gasteiger partial charge in [0.2, 0.25) is 0 Å². The van der Waals surface area contributed by atoms with Gasteiger partial charge in [-0.25, -0.2) is 0 Å². The van der Waals surface area contributed by atoms with Crippen LogP contribution in [0.15, 0.2) is 0 Å². The first-order chi connectivity index (χ1) is 8.60. The summed E-state index contributed by atoms with van der Waals surface area (Å²) in [5.41, 5.74) is 0.145. The highest BCUT2D eigenvalue weighted by Gasteiger charge is 2.50. The number of fused-ring (bicyclic) bond motifs is 1. The van der Waals surface area contributed by atoms with Crippen LogP contribution in [0.3, 0.4) is 0 Å². The molecule has 19 heavy (non-hydrogen) atoms. The largest absolute Gasteiger partial charge is 0.374 e. The number of rotatable bonds is 3. The number of nitrogens with zero attached hydrogens (tertiary/aromatic N) is 1. The zero-order valence-corrected chi connectivity index (χ0v) is 13.6. The zero-order valence-electron chi connectivity index (χ0n) is 13.6. The van der Waals surface area contributed by atoms with E-state index in [0.29, 0.717) is 6.10 Å². The third kappa shape index (κ3) is 3.93. The highest BCUT2D eigenvalue weighted by Crippen LogP contribution is 2.41. The van der Waals surface area contributed by atoms with Crippen molar-refractivity contribution in [2.45, 2.75) is 83.6 Å². The molecular weight excluding hydrogens is 238 g/mol. The van der Waals surface area contributed by atoms with E-state index in [1.165, 1.54) is 19.4 Å². The van der Waals surface area contributed by atoms with Crippen molar-refractivity contribution >= 4 is 0 Å². The lowest BCUT2D eigenvalue weighted by Crippen LogP contribution is -2.44. The Morgan fingerprint density at radius 3 is 2.37 bits per heavy atom. The maximum Gasteiger partial charge on any atom is 0.0727 e. The summed E-state index contributed by atoms with van der Waals surface area (Å²) in [4.78, 5) is 2.61. The van der Waals surface area contributed by atoms with Gasteiger partial charge in [-0.3, -0.25) is 4.90 Å². The Bertz CT molecular complexity index is 316. The second-order valence-electron chi connectivity index (χ2n) is 8.23. The van der Waals surface area contributed by atoms with Crippen LogP contribution in [-0.2, 0) is 9.47 Å².